The molecule has 2 saturated heterocycles. The average molecular weight is 678 g/mol. The van der Waals surface area contributed by atoms with Crippen molar-refractivity contribution >= 4 is 23.8 Å². The molecule has 0 spiro atoms. The number of piperazine rings is 1. The number of aliphatic hydroxyl groups excluding tert-OH is 1. The summed E-state index contributed by atoms with van der Waals surface area (Å²) in [5.74, 6) is -5.25. The lowest BCUT2D eigenvalue weighted by molar-refractivity contribution is -0.151. The van der Waals surface area contributed by atoms with Gasteiger partial charge in [-0.2, -0.15) is 0 Å². The van der Waals surface area contributed by atoms with Crippen LogP contribution in [0, 0.1) is 17.3 Å². The molecule has 48 heavy (non-hydrogen) atoms. The van der Waals surface area contributed by atoms with Gasteiger partial charge in [0.2, 0.25) is 23.6 Å². The molecule has 0 radical (unpaired) electrons. The summed E-state index contributed by atoms with van der Waals surface area (Å²) in [6.45, 7) is 7.99. The average Bonchev–Trinajstić information content (AvgIpc) is 3.39. The van der Waals surface area contributed by atoms with Crippen molar-refractivity contribution in [3.8, 4) is 5.75 Å². The Labute approximate surface area is 279 Å². The van der Waals surface area contributed by atoms with Crippen LogP contribution < -0.4 is 20.7 Å². The van der Waals surface area contributed by atoms with E-state index in [1.807, 2.05) is 29.2 Å². The largest absolute Gasteiger partial charge is 0.493 e. The van der Waals surface area contributed by atoms with Crippen LogP contribution in [0.4, 0.5) is 13.6 Å². The zero-order valence-electron chi connectivity index (χ0n) is 28.1. The standard InChI is InChI=1S/C34H49F2N5O7/c1-19(28(33(2,3)4)39-32(46)47)29(43)38-27(20-9-12-34(35,36)13-10-20)31(45)41-16-21-15-22(42)17-40(21)18-25(41)30(44)37-24-11-14-48-26-8-6-5-7-23(24)26/h5-8,19-22,24-25,27-28,39,42H,9-18H2,1-4H3,(H,37,44)(H,38,43)(H,46,47)/t19-,21+,22+,24+,25-,27-,28?/m0/s1. The molecule has 3 fully saturated rings. The fraction of sp³-hybridized carbons (Fsp3) is 0.706. The number of para-hydroxylation sites is 1. The molecule has 1 saturated carbocycles. The van der Waals surface area contributed by atoms with Gasteiger partial charge in [0.1, 0.15) is 17.8 Å². The van der Waals surface area contributed by atoms with Gasteiger partial charge < -0.3 is 35.8 Å². The van der Waals surface area contributed by atoms with E-state index in [1.54, 1.807) is 27.7 Å². The number of alkyl halides is 2. The summed E-state index contributed by atoms with van der Waals surface area (Å²) in [4.78, 5) is 57.6. The van der Waals surface area contributed by atoms with Gasteiger partial charge in [0, 0.05) is 56.5 Å². The first kappa shape index (κ1) is 35.8. The maximum atomic E-state index is 14.7. The molecule has 266 valence electrons. The van der Waals surface area contributed by atoms with Crippen LogP contribution in [0.25, 0.3) is 0 Å². The van der Waals surface area contributed by atoms with Crippen LogP contribution in [0.5, 0.6) is 5.75 Å². The van der Waals surface area contributed by atoms with Crippen molar-refractivity contribution in [2.45, 2.75) is 108 Å². The van der Waals surface area contributed by atoms with Gasteiger partial charge in [0.15, 0.2) is 0 Å². The Hall–Kier alpha value is -3.52. The van der Waals surface area contributed by atoms with E-state index in [4.69, 9.17) is 4.74 Å². The van der Waals surface area contributed by atoms with Gasteiger partial charge in [-0.3, -0.25) is 19.3 Å². The van der Waals surface area contributed by atoms with Gasteiger partial charge in [-0.1, -0.05) is 45.9 Å². The fourth-order valence-corrected chi connectivity index (χ4v) is 7.89. The van der Waals surface area contributed by atoms with E-state index in [1.165, 1.54) is 4.90 Å². The predicted octanol–water partition coefficient (Wildman–Crippen LogP) is 2.90. The second-order valence-electron chi connectivity index (χ2n) is 15.0. The number of ether oxygens (including phenoxy) is 1. The predicted molar refractivity (Wildman–Crippen MR) is 171 cm³/mol. The fourth-order valence-electron chi connectivity index (χ4n) is 7.89. The third-order valence-electron chi connectivity index (χ3n) is 10.5. The van der Waals surface area contributed by atoms with Crippen LogP contribution in [-0.4, -0.2) is 106 Å². The lowest BCUT2D eigenvalue weighted by Gasteiger charge is -2.45. The zero-order chi connectivity index (χ0) is 35.0. The topological polar surface area (TPSA) is 161 Å². The molecule has 1 aliphatic carbocycles. The van der Waals surface area contributed by atoms with Crippen LogP contribution in [0.2, 0.25) is 0 Å². The first-order valence-electron chi connectivity index (χ1n) is 17.0. The van der Waals surface area contributed by atoms with Crippen molar-refractivity contribution in [3.63, 3.8) is 0 Å². The first-order valence-corrected chi connectivity index (χ1v) is 17.0. The number of halogens is 2. The van der Waals surface area contributed by atoms with Gasteiger partial charge in [0.05, 0.1) is 24.7 Å². The summed E-state index contributed by atoms with van der Waals surface area (Å²) in [7, 11) is 0. The minimum atomic E-state index is -2.88. The molecular formula is C34H49F2N5O7. The highest BCUT2D eigenvalue weighted by Gasteiger charge is 2.49. The van der Waals surface area contributed by atoms with Gasteiger partial charge in [0.25, 0.3) is 0 Å². The number of benzene rings is 1. The number of carbonyl (C=O) groups is 4. The number of carbonyl (C=O) groups excluding carboxylic acids is 3. The minimum absolute atomic E-state index is 0.00796. The third kappa shape index (κ3) is 8.02. The second-order valence-corrected chi connectivity index (χ2v) is 15.0. The summed E-state index contributed by atoms with van der Waals surface area (Å²) >= 11 is 0. The Balaban J connectivity index is 1.43. The smallest absolute Gasteiger partial charge is 0.404 e. The monoisotopic (exact) mass is 677 g/mol. The van der Waals surface area contributed by atoms with E-state index in [0.717, 1.165) is 5.56 Å². The SMILES string of the molecule is C[C@H](C(=O)N[C@H](C(=O)N1C[C@H]2C[C@@H](O)CN2C[C@H]1C(=O)N[C@@H]1CCOc2ccccc21)C1CCC(F)(F)CC1)C(NC(=O)O)C(C)(C)C. The maximum absolute atomic E-state index is 14.7. The van der Waals surface area contributed by atoms with E-state index >= 15 is 0 Å². The molecule has 1 aromatic rings. The van der Waals surface area contributed by atoms with Crippen molar-refractivity contribution in [1.29, 1.82) is 0 Å². The Morgan fingerprint density at radius 2 is 1.71 bits per heavy atom. The molecule has 4 aliphatic rings. The number of hydrogen-bond donors (Lipinski definition) is 5. The third-order valence-corrected chi connectivity index (χ3v) is 10.5. The van der Waals surface area contributed by atoms with Gasteiger partial charge in [-0.05, 0) is 36.7 Å². The van der Waals surface area contributed by atoms with Crippen molar-refractivity contribution in [3.05, 3.63) is 29.8 Å². The number of fused-ring (bicyclic) bond motifs is 2. The maximum Gasteiger partial charge on any atom is 0.404 e. The lowest BCUT2D eigenvalue weighted by atomic mass is 9.78. The van der Waals surface area contributed by atoms with Crippen molar-refractivity contribution in [1.82, 2.24) is 25.8 Å². The number of aliphatic hydroxyl groups is 1. The van der Waals surface area contributed by atoms with E-state index in [9.17, 15) is 38.2 Å². The van der Waals surface area contributed by atoms with E-state index in [0.29, 0.717) is 31.7 Å². The first-order chi connectivity index (χ1) is 22.5. The van der Waals surface area contributed by atoms with Crippen LogP contribution >= 0.6 is 0 Å². The van der Waals surface area contributed by atoms with E-state index in [2.05, 4.69) is 16.0 Å². The van der Waals surface area contributed by atoms with Crippen LogP contribution in [-0.2, 0) is 14.4 Å². The summed E-state index contributed by atoms with van der Waals surface area (Å²) < 4.78 is 34.3. The highest BCUT2D eigenvalue weighted by Crippen LogP contribution is 2.39. The number of carboxylic acid groups (broad SMARTS) is 1. The Bertz CT molecular complexity index is 1360. The lowest BCUT2D eigenvalue weighted by Crippen LogP contribution is -2.66. The molecule has 1 aromatic carbocycles. The summed E-state index contributed by atoms with van der Waals surface area (Å²) in [6.07, 6.45) is -1.87. The van der Waals surface area contributed by atoms with Crippen LogP contribution in [0.3, 0.4) is 0 Å². The molecule has 7 atom stereocenters. The highest BCUT2D eigenvalue weighted by atomic mass is 19.3. The summed E-state index contributed by atoms with van der Waals surface area (Å²) in [6, 6.07) is 3.86. The molecule has 12 nitrogen and oxygen atoms in total. The quantitative estimate of drug-likeness (QED) is 0.281. The Kier molecular flexibility index (Phi) is 10.5. The molecule has 5 rings (SSSR count). The van der Waals surface area contributed by atoms with Gasteiger partial charge in [-0.25, -0.2) is 13.6 Å². The Morgan fingerprint density at radius 1 is 1.02 bits per heavy atom. The highest BCUT2D eigenvalue weighted by molar-refractivity contribution is 5.93. The molecule has 14 heteroatoms. The summed E-state index contributed by atoms with van der Waals surface area (Å²) in [5.41, 5.74) is 0.165. The molecule has 3 heterocycles. The number of nitrogens with one attached hydrogen (secondary N) is 3. The molecule has 1 unspecified atom stereocenters. The van der Waals surface area contributed by atoms with Gasteiger partial charge in [-0.15, -0.1) is 0 Å². The van der Waals surface area contributed by atoms with Crippen LogP contribution in [0.1, 0.15) is 77.8 Å². The van der Waals surface area contributed by atoms with E-state index in [-0.39, 0.29) is 38.0 Å². The normalized spacial score (nSPS) is 27.8. The second kappa shape index (κ2) is 14.1. The Morgan fingerprint density at radius 3 is 2.38 bits per heavy atom. The van der Waals surface area contributed by atoms with Gasteiger partial charge >= 0.3 is 6.09 Å². The van der Waals surface area contributed by atoms with Crippen molar-refractivity contribution in [2.24, 2.45) is 17.3 Å². The molecule has 5 N–H and O–H groups in total. The van der Waals surface area contributed by atoms with Crippen molar-refractivity contribution in [2.75, 3.05) is 26.2 Å². The number of rotatable bonds is 8. The van der Waals surface area contributed by atoms with E-state index < -0.39 is 84.1 Å². The number of hydrogen-bond acceptors (Lipinski definition) is 7. The zero-order valence-corrected chi connectivity index (χ0v) is 28.1. The summed E-state index contributed by atoms with van der Waals surface area (Å²) in [5, 5.41) is 28.3. The number of amides is 4. The molecule has 4 amide bonds. The minimum Gasteiger partial charge on any atom is -0.493 e. The molecule has 3 aliphatic heterocycles. The number of nitrogens with zero attached hydrogens (tertiary/aromatic N) is 2. The van der Waals surface area contributed by atoms with Crippen LogP contribution in [0.15, 0.2) is 24.3 Å². The molecule has 0 bridgehead atoms. The molecule has 0 aromatic heterocycles. The molecular weight excluding hydrogens is 628 g/mol. The van der Waals surface area contributed by atoms with Crippen molar-refractivity contribution < 1.29 is 42.9 Å².